The number of carbonyl (C=O) groups is 5. The Morgan fingerprint density at radius 3 is 2.02 bits per heavy atom. The van der Waals surface area contributed by atoms with E-state index in [4.69, 9.17) is 0 Å². The van der Waals surface area contributed by atoms with Gasteiger partial charge in [0.1, 0.15) is 34.8 Å². The lowest BCUT2D eigenvalue weighted by molar-refractivity contribution is -0.132. The average molecular weight is 811 g/mol. The van der Waals surface area contributed by atoms with Crippen molar-refractivity contribution in [1.82, 2.24) is 36.9 Å². The number of ketones is 1. The van der Waals surface area contributed by atoms with Crippen molar-refractivity contribution in [2.45, 2.75) is 131 Å². The number of nitrogens with zero attached hydrogens (tertiary/aromatic N) is 2. The summed E-state index contributed by atoms with van der Waals surface area (Å²) in [5.41, 5.74) is -0.596. The van der Waals surface area contributed by atoms with E-state index in [1.54, 1.807) is 11.6 Å². The first-order chi connectivity index (χ1) is 26.6. The number of amidine groups is 1. The highest BCUT2D eigenvalue weighted by atomic mass is 32.1. The van der Waals surface area contributed by atoms with Crippen LogP contribution >= 0.6 is 11.3 Å². The fourth-order valence-electron chi connectivity index (χ4n) is 6.86. The molecule has 15 heteroatoms. The quantitative estimate of drug-likeness (QED) is 0.0867. The molecule has 1 aromatic heterocycles. The lowest BCUT2D eigenvalue weighted by Gasteiger charge is -2.39. The maximum Gasteiger partial charge on any atom is 0.243 e. The largest absolute Gasteiger partial charge is 0.394 e. The molecule has 14 nitrogen and oxygen atoms in total. The Hall–Kier alpha value is -4.21. The molecule has 0 bridgehead atoms. The first-order valence-corrected chi connectivity index (χ1v) is 20.8. The molecule has 1 saturated heterocycles. The van der Waals surface area contributed by atoms with Crippen molar-refractivity contribution in [1.29, 1.82) is 0 Å². The van der Waals surface area contributed by atoms with Crippen molar-refractivity contribution in [3.05, 3.63) is 52.5 Å². The number of aliphatic imine (C=N–C) groups is 1. The molecule has 0 aliphatic carbocycles. The van der Waals surface area contributed by atoms with Gasteiger partial charge < -0.3 is 37.0 Å². The van der Waals surface area contributed by atoms with Gasteiger partial charge in [0.25, 0.3) is 0 Å². The van der Waals surface area contributed by atoms with Crippen molar-refractivity contribution in [3.8, 4) is 0 Å². The van der Waals surface area contributed by atoms with Crippen LogP contribution in [0.1, 0.15) is 112 Å². The standard InChI is InChI=1S/C42H66N8O6S/c1-24(2)30(47-37(54)31-25(3)17-18-43-31)36(53)50-33(41(6,7)8)35(44-19-21-51)49-34(42(9,10)11)39(56)48-32(27(5)28-15-13-12-14-16-28)38(55)46-29(23-26(4)52)40-45-20-22-57-40/h12-16,20,22,24-25,27,29-34,43,51H,17-19,21,23H2,1-11H3,(H,44,49)(H,46,55)(H,47,54)(H,48,56)(H,50,53)/t25?,27?,29-,30?,31?,32+,33?,34?/m1/s1. The number of thiazole rings is 1. The van der Waals surface area contributed by atoms with Gasteiger partial charge in [-0.1, -0.05) is 99.6 Å². The van der Waals surface area contributed by atoms with E-state index in [-0.39, 0.29) is 48.9 Å². The van der Waals surface area contributed by atoms with E-state index in [1.807, 2.05) is 99.6 Å². The zero-order chi connectivity index (χ0) is 42.7. The van der Waals surface area contributed by atoms with Crippen LogP contribution < -0.4 is 31.9 Å². The van der Waals surface area contributed by atoms with Gasteiger partial charge >= 0.3 is 0 Å². The van der Waals surface area contributed by atoms with E-state index in [2.05, 4.69) is 41.9 Å². The normalized spacial score (nSPS) is 19.4. The number of amides is 4. The van der Waals surface area contributed by atoms with Gasteiger partial charge in [-0.05, 0) is 48.1 Å². The first-order valence-electron chi connectivity index (χ1n) is 20.0. The van der Waals surface area contributed by atoms with Crippen LogP contribution in [-0.2, 0) is 24.0 Å². The Morgan fingerprint density at radius 1 is 0.877 bits per heavy atom. The fourth-order valence-corrected chi connectivity index (χ4v) is 7.55. The number of hydrogen-bond acceptors (Lipinski definition) is 10. The Balaban J connectivity index is 1.98. The summed E-state index contributed by atoms with van der Waals surface area (Å²) < 4.78 is 0. The highest BCUT2D eigenvalue weighted by Crippen LogP contribution is 2.27. The molecular formula is C42H66N8O6S. The van der Waals surface area contributed by atoms with Gasteiger partial charge in [0.2, 0.25) is 23.6 Å². The van der Waals surface area contributed by atoms with E-state index in [0.29, 0.717) is 5.01 Å². The predicted molar refractivity (Wildman–Crippen MR) is 225 cm³/mol. The van der Waals surface area contributed by atoms with Crippen LogP contribution in [0.25, 0.3) is 0 Å². The number of aliphatic hydroxyl groups is 1. The van der Waals surface area contributed by atoms with Crippen molar-refractivity contribution in [3.63, 3.8) is 0 Å². The molecule has 6 unspecified atom stereocenters. The predicted octanol–water partition coefficient (Wildman–Crippen LogP) is 3.63. The van der Waals surface area contributed by atoms with Gasteiger partial charge in [-0.2, -0.15) is 0 Å². The topological polar surface area (TPSA) is 203 Å². The molecule has 4 amide bonds. The zero-order valence-corrected chi connectivity index (χ0v) is 36.4. The number of Topliss-reactive ketones (excluding diaryl/α,β-unsaturated/α-hetero) is 1. The molecular weight excluding hydrogens is 745 g/mol. The molecule has 1 fully saturated rings. The maximum atomic E-state index is 14.6. The van der Waals surface area contributed by atoms with Gasteiger partial charge in [0.05, 0.1) is 31.3 Å². The Labute approximate surface area is 342 Å². The van der Waals surface area contributed by atoms with E-state index in [1.165, 1.54) is 18.3 Å². The van der Waals surface area contributed by atoms with Crippen LogP contribution in [0.5, 0.6) is 0 Å². The van der Waals surface area contributed by atoms with Crippen LogP contribution in [-0.4, -0.2) is 95.2 Å². The summed E-state index contributed by atoms with van der Waals surface area (Å²) in [6.45, 7) is 20.9. The van der Waals surface area contributed by atoms with Crippen molar-refractivity contribution < 1.29 is 29.1 Å². The smallest absolute Gasteiger partial charge is 0.243 e. The second-order valence-corrected chi connectivity index (χ2v) is 18.6. The number of carbonyl (C=O) groups excluding carboxylic acids is 5. The summed E-state index contributed by atoms with van der Waals surface area (Å²) in [5.74, 6) is -2.08. The van der Waals surface area contributed by atoms with E-state index >= 15 is 0 Å². The molecule has 2 heterocycles. The van der Waals surface area contributed by atoms with Crippen LogP contribution in [0.2, 0.25) is 0 Å². The second kappa shape index (κ2) is 21.0. The number of rotatable bonds is 18. The third-order valence-electron chi connectivity index (χ3n) is 10.3. The lowest BCUT2D eigenvalue weighted by atomic mass is 9.82. The van der Waals surface area contributed by atoms with E-state index in [0.717, 1.165) is 18.5 Å². The summed E-state index contributed by atoms with van der Waals surface area (Å²) in [4.78, 5) is 77.6. The Morgan fingerprint density at radius 2 is 1.51 bits per heavy atom. The minimum Gasteiger partial charge on any atom is -0.394 e. The maximum absolute atomic E-state index is 14.6. The SMILES string of the molecule is CC(=O)C[C@@H](NC(=O)[C@@H](NC(=O)C(NC(=NCCO)C(NC(=O)C(NC(=O)C1NCCC1C)C(C)C)C(C)(C)C)C(C)(C)C)C(C)c1ccccc1)c1nccs1. The molecule has 1 aliphatic rings. The van der Waals surface area contributed by atoms with Crippen LogP contribution in [0.4, 0.5) is 0 Å². The second-order valence-electron chi connectivity index (χ2n) is 17.7. The first kappa shape index (κ1) is 47.2. The van der Waals surface area contributed by atoms with Gasteiger partial charge in [-0.25, -0.2) is 4.98 Å². The molecule has 57 heavy (non-hydrogen) atoms. The van der Waals surface area contributed by atoms with Crippen molar-refractivity contribution >= 4 is 46.6 Å². The minimum atomic E-state index is -1.07. The molecule has 316 valence electrons. The molecule has 0 spiro atoms. The fraction of sp³-hybridized carbons (Fsp3) is 0.643. The van der Waals surface area contributed by atoms with Crippen LogP contribution in [0.3, 0.4) is 0 Å². The summed E-state index contributed by atoms with van der Waals surface area (Å²) in [5, 5.41) is 30.9. The highest BCUT2D eigenvalue weighted by molar-refractivity contribution is 7.09. The summed E-state index contributed by atoms with van der Waals surface area (Å²) >= 11 is 1.33. The third kappa shape index (κ3) is 13.7. The number of nitrogens with one attached hydrogen (secondary N) is 6. The molecule has 0 radical (unpaired) electrons. The van der Waals surface area contributed by atoms with Crippen molar-refractivity contribution in [2.75, 3.05) is 19.7 Å². The number of hydrogen-bond donors (Lipinski definition) is 7. The number of benzene rings is 1. The molecule has 1 aromatic carbocycles. The summed E-state index contributed by atoms with van der Waals surface area (Å²) in [7, 11) is 0. The number of aliphatic hydroxyl groups excluding tert-OH is 1. The van der Waals surface area contributed by atoms with Crippen LogP contribution in [0, 0.1) is 22.7 Å². The van der Waals surface area contributed by atoms with E-state index < -0.39 is 70.7 Å². The molecule has 3 rings (SSSR count). The monoisotopic (exact) mass is 810 g/mol. The van der Waals surface area contributed by atoms with Gasteiger partial charge in [0, 0.05) is 23.9 Å². The molecule has 1 aliphatic heterocycles. The minimum absolute atomic E-state index is 0.0107. The molecule has 8 atom stereocenters. The number of aromatic nitrogens is 1. The Kier molecular flexibility index (Phi) is 17.4. The molecule has 0 saturated carbocycles. The summed E-state index contributed by atoms with van der Waals surface area (Å²) in [6, 6.07) is 4.60. The molecule has 2 aromatic rings. The van der Waals surface area contributed by atoms with Crippen molar-refractivity contribution in [2.24, 2.45) is 27.7 Å². The van der Waals surface area contributed by atoms with Gasteiger partial charge in [-0.3, -0.25) is 29.0 Å². The summed E-state index contributed by atoms with van der Waals surface area (Å²) in [6.07, 6.45) is 2.51. The highest BCUT2D eigenvalue weighted by Gasteiger charge is 2.41. The molecule has 7 N–H and O–H groups in total. The van der Waals surface area contributed by atoms with Crippen LogP contribution in [0.15, 0.2) is 46.9 Å². The third-order valence-corrected chi connectivity index (χ3v) is 11.1. The van der Waals surface area contributed by atoms with Gasteiger partial charge in [-0.15, -0.1) is 11.3 Å². The van der Waals surface area contributed by atoms with E-state index in [9.17, 15) is 29.1 Å². The van der Waals surface area contributed by atoms with Gasteiger partial charge in [0.15, 0.2) is 0 Å². The average Bonchev–Trinajstić information content (AvgIpc) is 3.83. The zero-order valence-electron chi connectivity index (χ0n) is 35.6. The lowest BCUT2D eigenvalue weighted by Crippen LogP contribution is -2.64. The Bertz CT molecular complexity index is 1670.